The molecule has 100 valence electrons. The van der Waals surface area contributed by atoms with Crippen LogP contribution >= 0.6 is 0 Å². The molecule has 0 unspecified atom stereocenters. The highest BCUT2D eigenvalue weighted by Gasteiger charge is 2.30. The van der Waals surface area contributed by atoms with E-state index in [9.17, 15) is 4.79 Å². The van der Waals surface area contributed by atoms with Crippen LogP contribution in [0.3, 0.4) is 0 Å². The van der Waals surface area contributed by atoms with Gasteiger partial charge in [0.15, 0.2) is 5.69 Å². The van der Waals surface area contributed by atoms with E-state index in [0.29, 0.717) is 5.41 Å². The Kier molecular flexibility index (Phi) is 3.38. The number of hydrogen-bond acceptors (Lipinski definition) is 4. The van der Waals surface area contributed by atoms with Crippen LogP contribution in [0, 0.1) is 5.41 Å². The van der Waals surface area contributed by atoms with Gasteiger partial charge in [-0.15, -0.1) is 5.10 Å². The van der Waals surface area contributed by atoms with Crippen LogP contribution < -0.4 is 0 Å². The second kappa shape index (κ2) is 4.68. The molecule has 0 aliphatic carbocycles. The number of aromatic carboxylic acids is 1. The van der Waals surface area contributed by atoms with Gasteiger partial charge in [0.1, 0.15) is 0 Å². The van der Waals surface area contributed by atoms with Crippen molar-refractivity contribution >= 4 is 5.97 Å². The Morgan fingerprint density at radius 3 is 2.67 bits per heavy atom. The van der Waals surface area contributed by atoms with E-state index in [0.717, 1.165) is 26.1 Å². The normalized spacial score (nSPS) is 17.7. The number of hydrogen-bond donors (Lipinski definition) is 1. The molecule has 2 rings (SSSR count). The average Bonchev–Trinajstić information content (AvgIpc) is 2.62. The maximum Gasteiger partial charge on any atom is 0.358 e. The molecule has 0 radical (unpaired) electrons. The molecular formula is C12H20N4O2. The minimum absolute atomic E-state index is 0.0168. The molecule has 6 nitrogen and oxygen atoms in total. The lowest BCUT2D eigenvalue weighted by Gasteiger charge is -2.40. The van der Waals surface area contributed by atoms with Crippen molar-refractivity contribution in [3.63, 3.8) is 0 Å². The van der Waals surface area contributed by atoms with Crippen molar-refractivity contribution in [3.8, 4) is 0 Å². The van der Waals surface area contributed by atoms with Gasteiger partial charge >= 0.3 is 5.97 Å². The molecule has 1 aliphatic rings. The molecule has 1 aliphatic heterocycles. The summed E-state index contributed by atoms with van der Waals surface area (Å²) in [5, 5.41) is 16.3. The molecule has 0 amide bonds. The van der Waals surface area contributed by atoms with Gasteiger partial charge < -0.3 is 5.11 Å². The molecule has 0 spiro atoms. The van der Waals surface area contributed by atoms with Gasteiger partial charge in [0.2, 0.25) is 0 Å². The van der Waals surface area contributed by atoms with Crippen LogP contribution in [0.1, 0.15) is 43.7 Å². The monoisotopic (exact) mass is 252 g/mol. The zero-order valence-corrected chi connectivity index (χ0v) is 11.1. The molecule has 1 saturated heterocycles. The van der Waals surface area contributed by atoms with Gasteiger partial charge in [-0.05, 0) is 18.4 Å². The van der Waals surface area contributed by atoms with Crippen LogP contribution in [-0.2, 0) is 0 Å². The maximum absolute atomic E-state index is 10.7. The smallest absolute Gasteiger partial charge is 0.358 e. The third-order valence-electron chi connectivity index (χ3n) is 3.22. The Balaban J connectivity index is 1.80. The summed E-state index contributed by atoms with van der Waals surface area (Å²) in [6.07, 6.45) is 2.67. The van der Waals surface area contributed by atoms with Crippen molar-refractivity contribution in [2.24, 2.45) is 5.41 Å². The zero-order chi connectivity index (χ0) is 13.3. The molecule has 0 atom stereocenters. The Labute approximate surface area is 107 Å². The largest absolute Gasteiger partial charge is 0.476 e. The van der Waals surface area contributed by atoms with E-state index in [2.05, 4.69) is 36.0 Å². The lowest BCUT2D eigenvalue weighted by atomic mass is 9.91. The summed E-state index contributed by atoms with van der Waals surface area (Å²) >= 11 is 0. The average molecular weight is 252 g/mol. The Morgan fingerprint density at radius 2 is 2.17 bits per heavy atom. The number of aromatic nitrogens is 3. The van der Waals surface area contributed by atoms with Gasteiger partial charge in [-0.3, -0.25) is 4.90 Å². The molecule has 0 aromatic carbocycles. The molecule has 0 saturated carbocycles. The van der Waals surface area contributed by atoms with Gasteiger partial charge in [0, 0.05) is 13.1 Å². The first-order valence-electron chi connectivity index (χ1n) is 6.23. The Hall–Kier alpha value is -1.43. The van der Waals surface area contributed by atoms with Crippen molar-refractivity contribution in [1.29, 1.82) is 0 Å². The van der Waals surface area contributed by atoms with Crippen molar-refractivity contribution in [2.45, 2.75) is 33.2 Å². The highest BCUT2D eigenvalue weighted by atomic mass is 16.4. The number of nitrogens with zero attached hydrogens (tertiary/aromatic N) is 4. The van der Waals surface area contributed by atoms with E-state index in [4.69, 9.17) is 5.11 Å². The van der Waals surface area contributed by atoms with Crippen molar-refractivity contribution in [2.75, 3.05) is 19.6 Å². The quantitative estimate of drug-likeness (QED) is 0.873. The Morgan fingerprint density at radius 1 is 1.50 bits per heavy atom. The molecule has 1 aromatic rings. The molecule has 18 heavy (non-hydrogen) atoms. The summed E-state index contributed by atoms with van der Waals surface area (Å²) in [6.45, 7) is 9.65. The van der Waals surface area contributed by atoms with Crippen molar-refractivity contribution in [3.05, 3.63) is 11.9 Å². The van der Waals surface area contributed by atoms with E-state index in [1.165, 1.54) is 6.20 Å². The van der Waals surface area contributed by atoms with Crippen LogP contribution in [0.4, 0.5) is 0 Å². The van der Waals surface area contributed by atoms with E-state index >= 15 is 0 Å². The van der Waals surface area contributed by atoms with Gasteiger partial charge in [-0.2, -0.15) is 0 Å². The molecule has 1 fully saturated rings. The highest BCUT2D eigenvalue weighted by molar-refractivity contribution is 5.84. The second-order valence-electron chi connectivity index (χ2n) is 6.11. The van der Waals surface area contributed by atoms with Crippen molar-refractivity contribution < 1.29 is 9.90 Å². The second-order valence-corrected chi connectivity index (χ2v) is 6.11. The first kappa shape index (κ1) is 13.0. The lowest BCUT2D eigenvalue weighted by Crippen LogP contribution is -2.48. The minimum Gasteiger partial charge on any atom is -0.476 e. The van der Waals surface area contributed by atoms with Gasteiger partial charge in [0.25, 0.3) is 0 Å². The van der Waals surface area contributed by atoms with Crippen LogP contribution in [-0.4, -0.2) is 50.6 Å². The Bertz CT molecular complexity index is 430. The molecule has 2 heterocycles. The SMILES string of the molecule is CC(C)(C)CCN1CC(n2cc(C(=O)O)nn2)C1. The predicted octanol–water partition coefficient (Wildman–Crippen LogP) is 1.27. The zero-order valence-electron chi connectivity index (χ0n) is 11.1. The van der Waals surface area contributed by atoms with Crippen LogP contribution in [0.15, 0.2) is 6.20 Å². The van der Waals surface area contributed by atoms with E-state index < -0.39 is 5.97 Å². The third-order valence-corrected chi connectivity index (χ3v) is 3.22. The molecule has 6 heteroatoms. The predicted molar refractivity (Wildman–Crippen MR) is 66.5 cm³/mol. The summed E-state index contributed by atoms with van der Waals surface area (Å²) in [5.74, 6) is -1.02. The summed E-state index contributed by atoms with van der Waals surface area (Å²) < 4.78 is 1.66. The summed E-state index contributed by atoms with van der Waals surface area (Å²) in [6, 6.07) is 0.269. The summed E-state index contributed by atoms with van der Waals surface area (Å²) in [7, 11) is 0. The van der Waals surface area contributed by atoms with Crippen LogP contribution in [0.5, 0.6) is 0 Å². The maximum atomic E-state index is 10.7. The standard InChI is InChI=1S/C12H20N4O2/c1-12(2,3)4-5-15-6-9(7-15)16-8-10(11(17)18)13-14-16/h8-9H,4-7H2,1-3H3,(H,17,18). The van der Waals surface area contributed by atoms with Crippen LogP contribution in [0.25, 0.3) is 0 Å². The summed E-state index contributed by atoms with van der Waals surface area (Å²) in [5.41, 5.74) is 0.373. The number of likely N-dealkylation sites (tertiary alicyclic amines) is 1. The topological polar surface area (TPSA) is 71.2 Å². The van der Waals surface area contributed by atoms with E-state index in [-0.39, 0.29) is 11.7 Å². The molecular weight excluding hydrogens is 232 g/mol. The van der Waals surface area contributed by atoms with Crippen molar-refractivity contribution in [1.82, 2.24) is 19.9 Å². The minimum atomic E-state index is -1.02. The first-order valence-corrected chi connectivity index (χ1v) is 6.23. The molecule has 1 aromatic heterocycles. The van der Waals surface area contributed by atoms with Gasteiger partial charge in [-0.25, -0.2) is 9.48 Å². The third kappa shape index (κ3) is 3.07. The highest BCUT2D eigenvalue weighted by Crippen LogP contribution is 2.24. The number of carboxylic acids is 1. The first-order chi connectivity index (χ1) is 8.35. The molecule has 0 bridgehead atoms. The number of carboxylic acid groups (broad SMARTS) is 1. The van der Waals surface area contributed by atoms with E-state index in [1.807, 2.05) is 0 Å². The van der Waals surface area contributed by atoms with Gasteiger partial charge in [-0.1, -0.05) is 26.0 Å². The molecule has 1 N–H and O–H groups in total. The fourth-order valence-corrected chi connectivity index (χ4v) is 1.94. The fourth-order valence-electron chi connectivity index (χ4n) is 1.94. The van der Waals surface area contributed by atoms with E-state index in [1.54, 1.807) is 4.68 Å². The van der Waals surface area contributed by atoms with Gasteiger partial charge in [0.05, 0.1) is 12.2 Å². The lowest BCUT2D eigenvalue weighted by molar-refractivity contribution is 0.0689. The van der Waals surface area contributed by atoms with Crippen LogP contribution in [0.2, 0.25) is 0 Å². The number of carbonyl (C=O) groups is 1. The summed E-state index contributed by atoms with van der Waals surface area (Å²) in [4.78, 5) is 13.1. The fraction of sp³-hybridized carbons (Fsp3) is 0.750. The number of rotatable bonds is 4.